The maximum Gasteiger partial charge on any atom is 0.320 e. The predicted octanol–water partition coefficient (Wildman–Crippen LogP) is -1.27. The Morgan fingerprint density at radius 3 is 2.50 bits per heavy atom. The van der Waals surface area contributed by atoms with Gasteiger partial charge in [-0.2, -0.15) is 0 Å². The van der Waals surface area contributed by atoms with Crippen molar-refractivity contribution in [3.05, 3.63) is 0 Å². The van der Waals surface area contributed by atoms with Crippen LogP contribution in [0.25, 0.3) is 0 Å². The predicted molar refractivity (Wildman–Crippen MR) is 53.7 cm³/mol. The number of ether oxygens (including phenoxy) is 2. The fourth-order valence-corrected chi connectivity index (χ4v) is 0.850. The van der Waals surface area contributed by atoms with Crippen molar-refractivity contribution < 1.29 is 29.3 Å². The summed E-state index contributed by atoms with van der Waals surface area (Å²) in [7, 11) is 0. The van der Waals surface area contributed by atoms with Gasteiger partial charge < -0.3 is 25.4 Å². The summed E-state index contributed by atoms with van der Waals surface area (Å²) < 4.78 is 9.58. The number of hydrogen-bond acceptors (Lipinski definition) is 6. The molecule has 0 aliphatic carbocycles. The van der Waals surface area contributed by atoms with Crippen LogP contribution < -0.4 is 5.73 Å². The van der Waals surface area contributed by atoms with E-state index in [4.69, 9.17) is 25.4 Å². The SMILES string of the molecule is NC(CCC(=O)OCCOCCO)C(=O)O. The molecule has 94 valence electrons. The third kappa shape index (κ3) is 8.16. The molecule has 0 aliphatic heterocycles. The average Bonchev–Trinajstić information content (AvgIpc) is 2.25. The lowest BCUT2D eigenvalue weighted by Crippen LogP contribution is -2.30. The van der Waals surface area contributed by atoms with Gasteiger partial charge in [-0.25, -0.2) is 0 Å². The van der Waals surface area contributed by atoms with Gasteiger partial charge in [0.25, 0.3) is 0 Å². The molecule has 0 spiro atoms. The molecule has 0 saturated carbocycles. The smallest absolute Gasteiger partial charge is 0.320 e. The molecule has 0 aromatic heterocycles. The molecule has 0 amide bonds. The molecule has 0 aromatic carbocycles. The lowest BCUT2D eigenvalue weighted by molar-refractivity contribution is -0.145. The third-order valence-electron chi connectivity index (χ3n) is 1.70. The Morgan fingerprint density at radius 1 is 1.25 bits per heavy atom. The highest BCUT2D eigenvalue weighted by molar-refractivity contribution is 5.75. The summed E-state index contributed by atoms with van der Waals surface area (Å²) in [6.45, 7) is 0.404. The van der Waals surface area contributed by atoms with Crippen LogP contribution in [0.3, 0.4) is 0 Å². The number of hydrogen-bond donors (Lipinski definition) is 3. The van der Waals surface area contributed by atoms with Crippen LogP contribution in [0.15, 0.2) is 0 Å². The first-order valence-electron chi connectivity index (χ1n) is 4.90. The van der Waals surface area contributed by atoms with Gasteiger partial charge in [-0.3, -0.25) is 9.59 Å². The summed E-state index contributed by atoms with van der Waals surface area (Å²) >= 11 is 0. The van der Waals surface area contributed by atoms with Crippen LogP contribution >= 0.6 is 0 Å². The highest BCUT2D eigenvalue weighted by Gasteiger charge is 2.13. The van der Waals surface area contributed by atoms with Crippen LogP contribution in [-0.2, 0) is 19.1 Å². The first-order chi connectivity index (χ1) is 7.57. The van der Waals surface area contributed by atoms with E-state index in [2.05, 4.69) is 0 Å². The van der Waals surface area contributed by atoms with Crippen LogP contribution in [0.1, 0.15) is 12.8 Å². The number of aliphatic hydroxyl groups is 1. The van der Waals surface area contributed by atoms with E-state index in [0.717, 1.165) is 0 Å². The van der Waals surface area contributed by atoms with Crippen molar-refractivity contribution in [1.29, 1.82) is 0 Å². The van der Waals surface area contributed by atoms with Gasteiger partial charge >= 0.3 is 11.9 Å². The minimum Gasteiger partial charge on any atom is -0.480 e. The van der Waals surface area contributed by atoms with Gasteiger partial charge in [-0.15, -0.1) is 0 Å². The van der Waals surface area contributed by atoms with Crippen molar-refractivity contribution >= 4 is 11.9 Å². The van der Waals surface area contributed by atoms with Crippen molar-refractivity contribution in [2.75, 3.05) is 26.4 Å². The number of carboxylic acid groups (broad SMARTS) is 1. The van der Waals surface area contributed by atoms with E-state index < -0.39 is 18.0 Å². The van der Waals surface area contributed by atoms with Crippen molar-refractivity contribution in [2.24, 2.45) is 5.73 Å². The van der Waals surface area contributed by atoms with Gasteiger partial charge in [-0.1, -0.05) is 0 Å². The lowest BCUT2D eigenvalue weighted by atomic mass is 10.2. The van der Waals surface area contributed by atoms with Crippen LogP contribution in [-0.4, -0.2) is 54.6 Å². The fraction of sp³-hybridized carbons (Fsp3) is 0.778. The van der Waals surface area contributed by atoms with Crippen LogP contribution in [0.5, 0.6) is 0 Å². The molecule has 0 fully saturated rings. The molecular formula is C9H17NO6. The van der Waals surface area contributed by atoms with Crippen molar-refractivity contribution in [2.45, 2.75) is 18.9 Å². The Balaban J connectivity index is 3.41. The molecule has 7 heteroatoms. The van der Waals surface area contributed by atoms with Gasteiger partial charge in [0.05, 0.1) is 19.8 Å². The molecule has 16 heavy (non-hydrogen) atoms. The molecule has 4 N–H and O–H groups in total. The molecule has 7 nitrogen and oxygen atoms in total. The number of rotatable bonds is 9. The Labute approximate surface area is 93.1 Å². The molecule has 0 heterocycles. The second-order valence-corrected chi connectivity index (χ2v) is 3.04. The highest BCUT2D eigenvalue weighted by Crippen LogP contribution is 1.97. The topological polar surface area (TPSA) is 119 Å². The number of carbonyl (C=O) groups is 2. The van der Waals surface area contributed by atoms with Gasteiger partial charge in [-0.05, 0) is 6.42 Å². The van der Waals surface area contributed by atoms with Crippen molar-refractivity contribution in [3.63, 3.8) is 0 Å². The fourth-order valence-electron chi connectivity index (χ4n) is 0.850. The first kappa shape index (κ1) is 14.8. The molecular weight excluding hydrogens is 218 g/mol. The van der Waals surface area contributed by atoms with Gasteiger partial charge in [0.2, 0.25) is 0 Å². The minimum absolute atomic E-state index is 0.0343. The molecule has 0 bridgehead atoms. The van der Waals surface area contributed by atoms with E-state index in [1.54, 1.807) is 0 Å². The number of aliphatic carboxylic acids is 1. The van der Waals surface area contributed by atoms with E-state index in [1.807, 2.05) is 0 Å². The number of carbonyl (C=O) groups excluding carboxylic acids is 1. The van der Waals surface area contributed by atoms with E-state index >= 15 is 0 Å². The quantitative estimate of drug-likeness (QED) is 0.336. The van der Waals surface area contributed by atoms with Crippen LogP contribution in [0.2, 0.25) is 0 Å². The molecule has 1 atom stereocenters. The standard InChI is InChI=1S/C9H17NO6/c10-7(9(13)14)1-2-8(12)16-6-5-15-4-3-11/h7,11H,1-6,10H2,(H,13,14). The summed E-state index contributed by atoms with van der Waals surface area (Å²) in [5.41, 5.74) is 5.20. The zero-order chi connectivity index (χ0) is 12.4. The zero-order valence-electron chi connectivity index (χ0n) is 8.92. The zero-order valence-corrected chi connectivity index (χ0v) is 8.92. The number of aliphatic hydroxyl groups excluding tert-OH is 1. The normalized spacial score (nSPS) is 12.1. The Morgan fingerprint density at radius 2 is 1.94 bits per heavy atom. The number of carboxylic acids is 1. The van der Waals surface area contributed by atoms with Gasteiger partial charge in [0.15, 0.2) is 0 Å². The molecule has 0 radical (unpaired) electrons. The van der Waals surface area contributed by atoms with E-state index in [9.17, 15) is 9.59 Å². The number of nitrogens with two attached hydrogens (primary N) is 1. The lowest BCUT2D eigenvalue weighted by Gasteiger charge is -2.07. The molecule has 0 aliphatic rings. The first-order valence-corrected chi connectivity index (χ1v) is 4.90. The van der Waals surface area contributed by atoms with Crippen LogP contribution in [0.4, 0.5) is 0 Å². The Kier molecular flexibility index (Phi) is 8.41. The van der Waals surface area contributed by atoms with Gasteiger partial charge in [0, 0.05) is 6.42 Å². The largest absolute Gasteiger partial charge is 0.480 e. The molecule has 1 unspecified atom stereocenters. The Bertz CT molecular complexity index is 220. The molecule has 0 rings (SSSR count). The summed E-state index contributed by atoms with van der Waals surface area (Å²) in [5.74, 6) is -1.65. The second kappa shape index (κ2) is 9.08. The van der Waals surface area contributed by atoms with E-state index in [1.165, 1.54) is 0 Å². The van der Waals surface area contributed by atoms with Crippen molar-refractivity contribution in [3.8, 4) is 0 Å². The summed E-state index contributed by atoms with van der Waals surface area (Å²) in [6.07, 6.45) is 0.0130. The maximum absolute atomic E-state index is 11.0. The summed E-state index contributed by atoms with van der Waals surface area (Å²) in [6, 6.07) is -1.04. The van der Waals surface area contributed by atoms with Crippen LogP contribution in [0, 0.1) is 0 Å². The van der Waals surface area contributed by atoms with Crippen molar-refractivity contribution in [1.82, 2.24) is 0 Å². The van der Waals surface area contributed by atoms with E-state index in [-0.39, 0.29) is 39.3 Å². The summed E-state index contributed by atoms with van der Waals surface area (Å²) in [5, 5.41) is 16.8. The maximum atomic E-state index is 11.0. The highest BCUT2D eigenvalue weighted by atomic mass is 16.6. The Hall–Kier alpha value is -1.18. The minimum atomic E-state index is -1.14. The third-order valence-corrected chi connectivity index (χ3v) is 1.70. The molecule has 0 saturated heterocycles. The second-order valence-electron chi connectivity index (χ2n) is 3.04. The average molecular weight is 235 g/mol. The molecule has 0 aromatic rings. The van der Waals surface area contributed by atoms with E-state index in [0.29, 0.717) is 0 Å². The number of esters is 1. The monoisotopic (exact) mass is 235 g/mol. The summed E-state index contributed by atoms with van der Waals surface area (Å²) in [4.78, 5) is 21.4. The van der Waals surface area contributed by atoms with Gasteiger partial charge in [0.1, 0.15) is 12.6 Å².